The molecule has 4 heteroatoms. The minimum atomic E-state index is 0.796. The quantitative estimate of drug-likeness (QED) is 0.877. The molecule has 2 rings (SSSR count). The Morgan fingerprint density at radius 1 is 1.20 bits per heavy atom. The van der Waals surface area contributed by atoms with Crippen molar-refractivity contribution in [3.63, 3.8) is 0 Å². The zero-order valence-electron chi connectivity index (χ0n) is 11.9. The topological polar surface area (TPSA) is 28.2 Å². The summed E-state index contributed by atoms with van der Waals surface area (Å²) in [5.41, 5.74) is 3.31. The van der Waals surface area contributed by atoms with Crippen molar-refractivity contribution in [2.75, 3.05) is 18.9 Å². The van der Waals surface area contributed by atoms with Gasteiger partial charge in [-0.05, 0) is 37.7 Å². The van der Waals surface area contributed by atoms with Crippen molar-refractivity contribution in [3.05, 3.63) is 58.9 Å². The Bertz CT molecular complexity index is 557. The van der Waals surface area contributed by atoms with E-state index < -0.39 is 0 Å². The molecule has 0 saturated heterocycles. The van der Waals surface area contributed by atoms with Crippen LogP contribution in [0.5, 0.6) is 0 Å². The van der Waals surface area contributed by atoms with E-state index >= 15 is 0 Å². The van der Waals surface area contributed by atoms with Crippen LogP contribution in [-0.4, -0.2) is 23.5 Å². The summed E-state index contributed by atoms with van der Waals surface area (Å²) in [4.78, 5) is 6.62. The van der Waals surface area contributed by atoms with Gasteiger partial charge in [-0.3, -0.25) is 9.88 Å². The average molecular weight is 290 g/mol. The maximum Gasteiger partial charge on any atom is 0.0564 e. The summed E-state index contributed by atoms with van der Waals surface area (Å²) in [6.07, 6.45) is 1.84. The van der Waals surface area contributed by atoms with Crippen molar-refractivity contribution >= 4 is 17.3 Å². The summed E-state index contributed by atoms with van der Waals surface area (Å²) < 4.78 is 0. The number of anilines is 1. The molecule has 1 aromatic heterocycles. The van der Waals surface area contributed by atoms with Crippen molar-refractivity contribution in [1.29, 1.82) is 0 Å². The molecule has 0 unspecified atom stereocenters. The first-order chi connectivity index (χ1) is 9.69. The Balaban J connectivity index is 1.99. The molecule has 0 aliphatic heterocycles. The van der Waals surface area contributed by atoms with Crippen LogP contribution in [0, 0.1) is 0 Å². The Morgan fingerprint density at radius 2 is 2.00 bits per heavy atom. The Hall–Kier alpha value is -1.58. The third-order valence-corrected chi connectivity index (χ3v) is 3.40. The van der Waals surface area contributed by atoms with E-state index in [-0.39, 0.29) is 0 Å². The van der Waals surface area contributed by atoms with Crippen LogP contribution < -0.4 is 5.32 Å². The van der Waals surface area contributed by atoms with Crippen LogP contribution in [0.1, 0.15) is 18.2 Å². The van der Waals surface area contributed by atoms with Crippen molar-refractivity contribution in [2.45, 2.75) is 20.0 Å². The van der Waals surface area contributed by atoms with E-state index in [9.17, 15) is 0 Å². The highest BCUT2D eigenvalue weighted by Gasteiger charge is 2.06. The summed E-state index contributed by atoms with van der Waals surface area (Å²) in [7, 11) is 2.07. The van der Waals surface area contributed by atoms with E-state index in [0.717, 1.165) is 41.6 Å². The number of hydrogen-bond acceptors (Lipinski definition) is 3. The number of pyridine rings is 1. The molecule has 1 heterocycles. The number of hydrogen-bond donors (Lipinski definition) is 1. The van der Waals surface area contributed by atoms with Gasteiger partial charge in [-0.25, -0.2) is 0 Å². The van der Waals surface area contributed by atoms with Crippen molar-refractivity contribution < 1.29 is 0 Å². The molecule has 0 saturated carbocycles. The Morgan fingerprint density at radius 3 is 2.75 bits per heavy atom. The van der Waals surface area contributed by atoms with E-state index in [1.54, 1.807) is 0 Å². The number of aromatic nitrogens is 1. The van der Waals surface area contributed by atoms with Gasteiger partial charge in [0.2, 0.25) is 0 Å². The van der Waals surface area contributed by atoms with Crippen LogP contribution in [-0.2, 0) is 13.1 Å². The van der Waals surface area contributed by atoms with Gasteiger partial charge in [0.05, 0.1) is 5.69 Å². The average Bonchev–Trinajstić information content (AvgIpc) is 2.42. The monoisotopic (exact) mass is 289 g/mol. The molecule has 0 aliphatic rings. The molecule has 0 spiro atoms. The fourth-order valence-electron chi connectivity index (χ4n) is 2.13. The van der Waals surface area contributed by atoms with Gasteiger partial charge in [0.25, 0.3) is 0 Å². The fraction of sp³-hybridized carbons (Fsp3) is 0.312. The lowest BCUT2D eigenvalue weighted by atomic mass is 10.2. The number of nitrogens with one attached hydrogen (secondary N) is 1. The molecular formula is C16H20ClN3. The first kappa shape index (κ1) is 14.8. The molecule has 106 valence electrons. The second-order valence-electron chi connectivity index (χ2n) is 4.83. The standard InChI is InChI=1S/C16H20ClN3/c1-3-18-14-8-9-19-15(10-14)12-20(2)11-13-6-4-5-7-16(13)17/h4-10H,3,11-12H2,1-2H3,(H,18,19). The minimum Gasteiger partial charge on any atom is -0.385 e. The summed E-state index contributed by atoms with van der Waals surface area (Å²) in [5.74, 6) is 0. The highest BCUT2D eigenvalue weighted by atomic mass is 35.5. The molecule has 3 nitrogen and oxygen atoms in total. The molecule has 0 bridgehead atoms. The normalized spacial score (nSPS) is 10.8. The van der Waals surface area contributed by atoms with Crippen LogP contribution in [0.4, 0.5) is 5.69 Å². The molecule has 2 aromatic rings. The smallest absolute Gasteiger partial charge is 0.0564 e. The lowest BCUT2D eigenvalue weighted by molar-refractivity contribution is 0.315. The highest BCUT2D eigenvalue weighted by molar-refractivity contribution is 6.31. The maximum absolute atomic E-state index is 6.19. The van der Waals surface area contributed by atoms with E-state index in [1.165, 1.54) is 0 Å². The molecule has 0 amide bonds. The maximum atomic E-state index is 6.19. The van der Waals surface area contributed by atoms with Crippen LogP contribution in [0.25, 0.3) is 0 Å². The minimum absolute atomic E-state index is 0.796. The Labute approximate surface area is 125 Å². The van der Waals surface area contributed by atoms with Gasteiger partial charge in [-0.15, -0.1) is 0 Å². The van der Waals surface area contributed by atoms with Gasteiger partial charge in [0, 0.05) is 36.5 Å². The lowest BCUT2D eigenvalue weighted by Gasteiger charge is -2.17. The van der Waals surface area contributed by atoms with Crippen LogP contribution in [0.15, 0.2) is 42.6 Å². The van der Waals surface area contributed by atoms with E-state index in [4.69, 9.17) is 11.6 Å². The summed E-state index contributed by atoms with van der Waals surface area (Å²) in [6.45, 7) is 4.61. The summed E-state index contributed by atoms with van der Waals surface area (Å²) >= 11 is 6.19. The van der Waals surface area contributed by atoms with Gasteiger partial charge >= 0.3 is 0 Å². The molecule has 1 N–H and O–H groups in total. The lowest BCUT2D eigenvalue weighted by Crippen LogP contribution is -2.18. The SMILES string of the molecule is CCNc1ccnc(CN(C)Cc2ccccc2Cl)c1. The van der Waals surface area contributed by atoms with E-state index in [2.05, 4.69) is 41.3 Å². The van der Waals surface area contributed by atoms with Crippen LogP contribution in [0.3, 0.4) is 0 Å². The Kier molecular flexibility index (Phi) is 5.39. The molecule has 0 atom stereocenters. The number of halogens is 1. The van der Waals surface area contributed by atoms with Crippen LogP contribution >= 0.6 is 11.6 Å². The van der Waals surface area contributed by atoms with E-state index in [0.29, 0.717) is 0 Å². The first-order valence-electron chi connectivity index (χ1n) is 6.79. The van der Waals surface area contributed by atoms with Gasteiger partial charge in [-0.1, -0.05) is 29.8 Å². The zero-order chi connectivity index (χ0) is 14.4. The van der Waals surface area contributed by atoms with Gasteiger partial charge in [0.15, 0.2) is 0 Å². The molecule has 0 fully saturated rings. The molecule has 20 heavy (non-hydrogen) atoms. The molecule has 0 radical (unpaired) electrons. The number of nitrogens with zero attached hydrogens (tertiary/aromatic N) is 2. The second-order valence-corrected chi connectivity index (χ2v) is 5.24. The third-order valence-electron chi connectivity index (χ3n) is 3.03. The number of benzene rings is 1. The summed E-state index contributed by atoms with van der Waals surface area (Å²) in [5, 5.41) is 4.11. The largest absolute Gasteiger partial charge is 0.385 e. The van der Waals surface area contributed by atoms with Gasteiger partial charge < -0.3 is 5.32 Å². The van der Waals surface area contributed by atoms with Crippen LogP contribution in [0.2, 0.25) is 5.02 Å². The predicted octanol–water partition coefficient (Wildman–Crippen LogP) is 3.80. The second kappa shape index (κ2) is 7.27. The zero-order valence-corrected chi connectivity index (χ0v) is 12.7. The van der Waals surface area contributed by atoms with Crippen molar-refractivity contribution in [2.24, 2.45) is 0 Å². The van der Waals surface area contributed by atoms with E-state index in [1.807, 2.05) is 30.5 Å². The fourth-order valence-corrected chi connectivity index (χ4v) is 2.32. The van der Waals surface area contributed by atoms with Crippen molar-refractivity contribution in [1.82, 2.24) is 9.88 Å². The molecule has 0 aliphatic carbocycles. The van der Waals surface area contributed by atoms with Gasteiger partial charge in [-0.2, -0.15) is 0 Å². The van der Waals surface area contributed by atoms with Crippen molar-refractivity contribution in [3.8, 4) is 0 Å². The number of rotatable bonds is 6. The third kappa shape index (κ3) is 4.22. The first-order valence-corrected chi connectivity index (χ1v) is 7.17. The molecular weight excluding hydrogens is 270 g/mol. The predicted molar refractivity (Wildman–Crippen MR) is 85.0 cm³/mol. The van der Waals surface area contributed by atoms with Gasteiger partial charge in [0.1, 0.15) is 0 Å². The molecule has 1 aromatic carbocycles. The summed E-state index contributed by atoms with van der Waals surface area (Å²) in [6, 6.07) is 12.0. The highest BCUT2D eigenvalue weighted by Crippen LogP contribution is 2.17.